The minimum Gasteiger partial charge on any atom is -0.480 e. The lowest BCUT2D eigenvalue weighted by Crippen LogP contribution is -2.47. The number of oxime groups is 1. The Morgan fingerprint density at radius 2 is 1.38 bits per heavy atom. The molecule has 2 amide bonds. The maximum atomic E-state index is 12.7. The Balaban J connectivity index is 0.000000248. The lowest BCUT2D eigenvalue weighted by atomic mass is 9.84. The number of amides is 2. The van der Waals surface area contributed by atoms with Crippen LogP contribution in [0.5, 0.6) is 0 Å². The third-order valence-electron chi connectivity index (χ3n) is 10.3. The molecule has 2 fully saturated rings. The molecule has 16 nitrogen and oxygen atoms in total. The summed E-state index contributed by atoms with van der Waals surface area (Å²) in [6.07, 6.45) is 13.6. The van der Waals surface area contributed by atoms with E-state index in [9.17, 15) is 24.0 Å². The van der Waals surface area contributed by atoms with Crippen molar-refractivity contribution < 1.29 is 38.8 Å². The molecule has 2 aliphatic rings. The fourth-order valence-corrected chi connectivity index (χ4v) is 5.87. The van der Waals surface area contributed by atoms with Gasteiger partial charge in [0.1, 0.15) is 17.9 Å². The van der Waals surface area contributed by atoms with Crippen LogP contribution in [-0.2, 0) is 43.2 Å². The molecule has 5 rings (SSSR count). The number of ketones is 2. The van der Waals surface area contributed by atoms with Gasteiger partial charge in [-0.05, 0) is 74.6 Å². The molecule has 56 heavy (non-hydrogen) atoms. The summed E-state index contributed by atoms with van der Waals surface area (Å²) in [7, 11) is 0. The maximum Gasteiger partial charge on any atom is 0.326 e. The third-order valence-corrected chi connectivity index (χ3v) is 10.3. The molecule has 5 heterocycles. The molecule has 0 saturated carbocycles. The summed E-state index contributed by atoms with van der Waals surface area (Å²) in [6.45, 7) is 11.7. The van der Waals surface area contributed by atoms with Crippen LogP contribution in [0, 0.1) is 10.8 Å². The van der Waals surface area contributed by atoms with E-state index in [2.05, 4.69) is 25.3 Å². The standard InChI is InChI=1S/C20H26N4O3.C12H19NO4.C8H11N3O/c1-4-20(2,3)17(25)19(26)24-12-6-8-15(24)18-22-16(23-27-18)10-9-14-7-5-11-21-13-14;1-4-12(2,3)9(14)10(15)13-7-5-6-8(13)11(16)17;9-8(11-12)4-3-7-2-1-5-10-6-7/h5,7,11,13,15H,4,6,8-10,12H2,1-3H3;8H,4-7H2,1-3H3,(H,16,17);1-2,5-6,12H,3-4H2,(H2,9,11)/t15-;8-;/m00./s1. The number of aliphatic carboxylic acids is 1. The SMILES string of the molecule is CCC(C)(C)C(=O)C(=O)N1CCC[C@H]1C(=O)O.CCC(C)(C)C(=O)C(=O)N1CCC[C@H]1c1nc(CCc2cccnc2)no1.N/C(CCc1cccnc1)=N\O. The number of carboxylic acids is 1. The number of hydrogen-bond donors (Lipinski definition) is 3. The van der Waals surface area contributed by atoms with Crippen molar-refractivity contribution in [2.75, 3.05) is 13.1 Å². The molecule has 2 atom stereocenters. The normalized spacial score (nSPS) is 17.0. The van der Waals surface area contributed by atoms with Gasteiger partial charge in [0.15, 0.2) is 5.82 Å². The van der Waals surface area contributed by atoms with Gasteiger partial charge >= 0.3 is 5.97 Å². The van der Waals surface area contributed by atoms with Gasteiger partial charge in [-0.15, -0.1) is 0 Å². The molecule has 0 bridgehead atoms. The van der Waals surface area contributed by atoms with Gasteiger partial charge in [-0.25, -0.2) is 4.79 Å². The zero-order chi connectivity index (χ0) is 41.5. The zero-order valence-electron chi connectivity index (χ0n) is 33.3. The molecule has 4 N–H and O–H groups in total. The predicted molar refractivity (Wildman–Crippen MR) is 206 cm³/mol. The number of aryl methyl sites for hydroxylation is 3. The summed E-state index contributed by atoms with van der Waals surface area (Å²) >= 11 is 0. The first-order chi connectivity index (χ1) is 26.6. The number of nitrogens with two attached hydrogens (primary N) is 1. The van der Waals surface area contributed by atoms with E-state index >= 15 is 0 Å². The largest absolute Gasteiger partial charge is 0.480 e. The van der Waals surface area contributed by atoms with Crippen molar-refractivity contribution in [3.8, 4) is 0 Å². The van der Waals surface area contributed by atoms with Crippen LogP contribution in [0.2, 0.25) is 0 Å². The molecule has 2 saturated heterocycles. The number of nitrogens with zero attached hydrogens (tertiary/aromatic N) is 7. The van der Waals surface area contributed by atoms with Crippen LogP contribution in [0.15, 0.2) is 58.7 Å². The van der Waals surface area contributed by atoms with Crippen molar-refractivity contribution in [3.63, 3.8) is 0 Å². The summed E-state index contributed by atoms with van der Waals surface area (Å²) < 4.78 is 5.43. The highest BCUT2D eigenvalue weighted by Gasteiger charge is 2.42. The van der Waals surface area contributed by atoms with Crippen LogP contribution in [0.25, 0.3) is 0 Å². The van der Waals surface area contributed by atoms with E-state index in [-0.39, 0.29) is 17.7 Å². The molecule has 0 radical (unpaired) electrons. The summed E-state index contributed by atoms with van der Waals surface area (Å²) in [4.78, 5) is 75.5. The molecule has 16 heteroatoms. The van der Waals surface area contributed by atoms with Crippen LogP contribution in [0.1, 0.15) is 115 Å². The van der Waals surface area contributed by atoms with E-state index < -0.39 is 40.4 Å². The quantitative estimate of drug-likeness (QED) is 0.0660. The van der Waals surface area contributed by atoms with Crippen molar-refractivity contribution in [1.29, 1.82) is 0 Å². The number of carbonyl (C=O) groups excluding carboxylic acids is 4. The minimum absolute atomic E-state index is 0.249. The smallest absolute Gasteiger partial charge is 0.326 e. The van der Waals surface area contributed by atoms with Gasteiger partial charge < -0.3 is 30.4 Å². The highest BCUT2D eigenvalue weighted by atomic mass is 16.5. The minimum atomic E-state index is -1.03. The number of carboxylic acid groups (broad SMARTS) is 1. The molecule has 0 aliphatic carbocycles. The van der Waals surface area contributed by atoms with Gasteiger partial charge in [-0.1, -0.05) is 64.0 Å². The number of aromatic nitrogens is 4. The van der Waals surface area contributed by atoms with E-state index in [1.165, 1.54) is 4.90 Å². The second-order valence-corrected chi connectivity index (χ2v) is 15.1. The Morgan fingerprint density at radius 1 is 0.839 bits per heavy atom. The molecule has 0 unspecified atom stereocenters. The molecule has 0 spiro atoms. The van der Waals surface area contributed by atoms with Crippen LogP contribution >= 0.6 is 0 Å². The summed E-state index contributed by atoms with van der Waals surface area (Å²) in [5.74, 6) is -1.70. The van der Waals surface area contributed by atoms with Crippen LogP contribution in [0.3, 0.4) is 0 Å². The Kier molecular flexibility index (Phi) is 16.8. The van der Waals surface area contributed by atoms with Crippen LogP contribution in [-0.4, -0.2) is 94.5 Å². The highest BCUT2D eigenvalue weighted by molar-refractivity contribution is 6.38. The number of rotatable bonds is 14. The van der Waals surface area contributed by atoms with E-state index in [1.807, 2.05) is 58.2 Å². The van der Waals surface area contributed by atoms with Crippen molar-refractivity contribution in [2.24, 2.45) is 21.7 Å². The van der Waals surface area contributed by atoms with Gasteiger partial charge in [-0.2, -0.15) is 4.98 Å². The van der Waals surface area contributed by atoms with E-state index in [0.29, 0.717) is 63.3 Å². The first-order valence-corrected chi connectivity index (χ1v) is 19.1. The molecule has 3 aromatic rings. The molecule has 304 valence electrons. The van der Waals surface area contributed by atoms with E-state index in [1.54, 1.807) is 37.3 Å². The average Bonchev–Trinajstić information content (AvgIpc) is 4.01. The Morgan fingerprint density at radius 3 is 1.89 bits per heavy atom. The van der Waals surface area contributed by atoms with Crippen molar-refractivity contribution in [2.45, 2.75) is 118 Å². The van der Waals surface area contributed by atoms with Crippen LogP contribution < -0.4 is 5.73 Å². The first kappa shape index (κ1) is 44.9. The van der Waals surface area contributed by atoms with Crippen molar-refractivity contribution in [1.82, 2.24) is 29.9 Å². The second kappa shape index (κ2) is 20.9. The lowest BCUT2D eigenvalue weighted by Gasteiger charge is -2.26. The third kappa shape index (κ3) is 12.5. The van der Waals surface area contributed by atoms with Gasteiger partial charge in [0.05, 0.1) is 0 Å². The predicted octanol–water partition coefficient (Wildman–Crippen LogP) is 4.75. The van der Waals surface area contributed by atoms with Crippen molar-refractivity contribution in [3.05, 3.63) is 71.9 Å². The molecular weight excluding hydrogens is 720 g/mol. The maximum absolute atomic E-state index is 12.7. The Labute approximate surface area is 327 Å². The first-order valence-electron chi connectivity index (χ1n) is 19.1. The van der Waals surface area contributed by atoms with E-state index in [4.69, 9.17) is 20.6 Å². The molecule has 0 aromatic carbocycles. The number of pyridine rings is 2. The van der Waals surface area contributed by atoms with Crippen LogP contribution in [0.4, 0.5) is 0 Å². The monoisotopic (exact) mass is 776 g/mol. The molecule has 2 aliphatic heterocycles. The summed E-state index contributed by atoms with van der Waals surface area (Å²) in [5.41, 5.74) is 6.11. The number of amidine groups is 1. The van der Waals surface area contributed by atoms with Gasteiger partial charge in [0, 0.05) is 61.5 Å². The fraction of sp³-hybridized carbons (Fsp3) is 0.550. The summed E-state index contributed by atoms with van der Waals surface area (Å²) in [6, 6.07) is 6.58. The molecule has 3 aromatic heterocycles. The van der Waals surface area contributed by atoms with Gasteiger partial charge in [0.25, 0.3) is 11.8 Å². The second-order valence-electron chi connectivity index (χ2n) is 15.1. The van der Waals surface area contributed by atoms with Gasteiger partial charge in [-0.3, -0.25) is 29.1 Å². The number of likely N-dealkylation sites (tertiary alicyclic amines) is 2. The lowest BCUT2D eigenvalue weighted by molar-refractivity contribution is -0.154. The highest BCUT2D eigenvalue weighted by Crippen LogP contribution is 2.33. The van der Waals surface area contributed by atoms with Gasteiger partial charge in [0.2, 0.25) is 17.5 Å². The van der Waals surface area contributed by atoms with Crippen molar-refractivity contribution >= 4 is 35.2 Å². The van der Waals surface area contributed by atoms with E-state index in [0.717, 1.165) is 36.8 Å². The fourth-order valence-electron chi connectivity index (χ4n) is 5.87. The number of hydrogen-bond acceptors (Lipinski definition) is 12. The average molecular weight is 777 g/mol. The zero-order valence-corrected chi connectivity index (χ0v) is 33.3. The topological polar surface area (TPSA) is 235 Å². The Hall–Kier alpha value is -5.54. The number of Topliss-reactive ketones (excluding diaryl/α,β-unsaturated/α-hetero) is 2. The summed E-state index contributed by atoms with van der Waals surface area (Å²) in [5, 5.41) is 24.2. The molecular formula is C40H56N8O8. The number of carbonyl (C=O) groups is 5. The Bertz CT molecular complexity index is 1800.